The van der Waals surface area contributed by atoms with Crippen molar-refractivity contribution < 1.29 is 48.6 Å². The summed E-state index contributed by atoms with van der Waals surface area (Å²) in [4.78, 5) is 119. The summed E-state index contributed by atoms with van der Waals surface area (Å²) in [5.74, 6) is -8.65. The number of thioether (sulfide) groups is 1. The summed E-state index contributed by atoms with van der Waals surface area (Å²) in [6.07, 6.45) is 5.40. The molecule has 0 bridgehead atoms. The monoisotopic (exact) mass is 1120 g/mol. The number of Topliss-reactive ketones (excluding diaryl/α,β-unsaturated/α-hetero) is 3. The van der Waals surface area contributed by atoms with E-state index in [0.29, 0.717) is 50.1 Å². The molecule has 11 N–H and O–H groups in total. The molecule has 0 aliphatic rings. The molecule has 4 amide bonds. The number of hydrogen-bond donors (Lipinski definition) is 9. The van der Waals surface area contributed by atoms with Crippen LogP contribution in [0.25, 0.3) is 21.3 Å². The normalized spacial score (nSPS) is 14.4. The van der Waals surface area contributed by atoms with E-state index < -0.39 is 107 Å². The van der Waals surface area contributed by atoms with Crippen molar-refractivity contribution in [1.29, 1.82) is 0 Å². The highest BCUT2D eigenvalue weighted by Crippen LogP contribution is 2.26. The van der Waals surface area contributed by atoms with Gasteiger partial charge in [-0.05, 0) is 135 Å². The molecule has 1 heterocycles. The number of benzene rings is 3. The Hall–Kier alpha value is -7.06. The first-order valence-electron chi connectivity index (χ1n) is 27.6. The lowest BCUT2D eigenvalue weighted by Gasteiger charge is -2.29. The summed E-state index contributed by atoms with van der Waals surface area (Å²) < 4.78 is 0. The Balaban J connectivity index is 1.59. The number of fused-ring (bicyclic) bond motifs is 1. The second kappa shape index (κ2) is 34.2. The lowest BCUT2D eigenvalue weighted by molar-refractivity contribution is -0.143. The molecule has 1 aromatic heterocycles. The van der Waals surface area contributed by atoms with Crippen LogP contribution in [-0.4, -0.2) is 117 Å². The van der Waals surface area contributed by atoms with Crippen LogP contribution in [0.4, 0.5) is 0 Å². The molecule has 4 aromatic rings. The second-order valence-corrected chi connectivity index (χ2v) is 22.2. The van der Waals surface area contributed by atoms with Crippen molar-refractivity contribution in [3.8, 4) is 5.75 Å². The number of para-hydroxylation sites is 1. The number of phenols is 1. The van der Waals surface area contributed by atoms with Crippen LogP contribution in [0, 0.1) is 29.6 Å². The number of nitrogens with zero attached hydrogens (tertiary/aromatic N) is 3. The predicted molar refractivity (Wildman–Crippen MR) is 310 cm³/mol. The van der Waals surface area contributed by atoms with E-state index in [2.05, 4.69) is 36.3 Å². The number of aromatic nitrogens is 1. The average molecular weight is 1120 g/mol. The molecule has 0 spiro atoms. The maximum absolute atomic E-state index is 14.6. The lowest BCUT2D eigenvalue weighted by Crippen LogP contribution is -2.51. The van der Waals surface area contributed by atoms with Crippen molar-refractivity contribution in [3.05, 3.63) is 112 Å². The zero-order valence-electron chi connectivity index (χ0n) is 46.7. The molecule has 20 nitrogen and oxygen atoms in total. The van der Waals surface area contributed by atoms with E-state index in [0.717, 1.165) is 22.0 Å². The van der Waals surface area contributed by atoms with Crippen molar-refractivity contribution in [1.82, 2.24) is 26.3 Å². The summed E-state index contributed by atoms with van der Waals surface area (Å²) in [6, 6.07) is 16.9. The van der Waals surface area contributed by atoms with E-state index in [4.69, 9.17) is 11.5 Å². The van der Waals surface area contributed by atoms with Gasteiger partial charge in [0.05, 0.1) is 18.1 Å². The van der Waals surface area contributed by atoms with Crippen LogP contribution in [0.2, 0.25) is 0 Å². The van der Waals surface area contributed by atoms with Crippen molar-refractivity contribution in [2.45, 2.75) is 141 Å². The Bertz CT molecular complexity index is 2710. The predicted octanol–water partition coefficient (Wildman–Crippen LogP) is 6.65. The third-order valence-corrected chi connectivity index (χ3v) is 15.0. The number of aliphatic carboxylic acids is 1. The Morgan fingerprint density at radius 2 is 1.20 bits per heavy atom. The zero-order valence-corrected chi connectivity index (χ0v) is 47.6. The van der Waals surface area contributed by atoms with Crippen LogP contribution in [0.3, 0.4) is 0 Å². The highest BCUT2D eigenvalue weighted by atomic mass is 32.2. The van der Waals surface area contributed by atoms with Crippen LogP contribution < -0.4 is 32.7 Å². The molecule has 0 fully saturated rings. The molecule has 0 radical (unpaired) electrons. The lowest BCUT2D eigenvalue weighted by atomic mass is 9.84. The number of nitrogens with one attached hydrogen (secondary N) is 5. The third-order valence-electron chi connectivity index (χ3n) is 14.4. The van der Waals surface area contributed by atoms with E-state index >= 15 is 0 Å². The van der Waals surface area contributed by atoms with Gasteiger partial charge in [0.2, 0.25) is 23.6 Å². The summed E-state index contributed by atoms with van der Waals surface area (Å²) in [7, 11) is 0. The standard InChI is InChI=1S/C59H82N10O10S/c1-36(2)45(57(76)64-47(25-28-80-5)51(71)33-41(31-42-35-63-46-18-10-9-17-44(42)46)55(74)65-49(59(78)79)20-12-14-27-61)34-53(73)54(37(3)4)67-56(75)40(29-39-21-23-43(70)24-22-39)32-52(72)50(30-38-15-7-6-8-16-38)66-58(77)48(68-69-62)19-11-13-26-60/h6-10,15-18,21-24,35-37,40-41,45,47-50,54,63,70H,11-14,19-20,25-34,60-61H2,1-5H3,(H,64,76)(H,65,74)(H,66,77)(H,67,75)(H,78,79)/t40-,41-,45+,47+,48+,49+,50+,54+/m1/s1. The van der Waals surface area contributed by atoms with Gasteiger partial charge in [-0.2, -0.15) is 11.8 Å². The zero-order chi connectivity index (χ0) is 58.7. The number of unbranched alkanes of at least 4 members (excludes halogenated alkanes) is 2. The van der Waals surface area contributed by atoms with E-state index in [-0.39, 0.29) is 63.5 Å². The van der Waals surface area contributed by atoms with E-state index in [9.17, 15) is 54.1 Å². The van der Waals surface area contributed by atoms with Crippen LogP contribution in [0.1, 0.15) is 109 Å². The van der Waals surface area contributed by atoms with Crippen molar-refractivity contribution in [2.75, 3.05) is 25.1 Å². The van der Waals surface area contributed by atoms with Gasteiger partial charge >= 0.3 is 5.97 Å². The van der Waals surface area contributed by atoms with Gasteiger partial charge in [0, 0.05) is 59.0 Å². The molecule has 3 aromatic carbocycles. The number of phenolic OH excluding ortho intramolecular Hbond substituents is 1. The fourth-order valence-corrected chi connectivity index (χ4v) is 10.1. The largest absolute Gasteiger partial charge is 0.508 e. The van der Waals surface area contributed by atoms with E-state index in [1.807, 2.05) is 36.6 Å². The first-order valence-corrected chi connectivity index (χ1v) is 29.0. The van der Waals surface area contributed by atoms with Gasteiger partial charge in [-0.15, -0.1) is 0 Å². The van der Waals surface area contributed by atoms with Gasteiger partial charge < -0.3 is 47.9 Å². The molecule has 4 rings (SSSR count). The molecule has 21 heteroatoms. The number of aromatic hydroxyl groups is 1. The summed E-state index contributed by atoms with van der Waals surface area (Å²) >= 11 is 1.46. The minimum Gasteiger partial charge on any atom is -0.508 e. The fraction of sp³-hybridized carbons (Fsp3) is 0.525. The van der Waals surface area contributed by atoms with E-state index in [1.54, 1.807) is 70.3 Å². The molecule has 0 saturated heterocycles. The maximum Gasteiger partial charge on any atom is 0.326 e. The van der Waals surface area contributed by atoms with Gasteiger partial charge in [0.25, 0.3) is 0 Å². The Morgan fingerprint density at radius 1 is 0.625 bits per heavy atom. The SMILES string of the molecule is CSCC[C@H](NC(=O)[C@@H](CC(=O)[C@@H](NC(=O)[C@@H](CC(=O)[C@H](Cc1ccccc1)NC(=O)[C@H](CCCCN)N=[N+]=[N-])Cc1ccc(O)cc1)C(C)C)C(C)C)C(=O)C[C@@H](Cc1c[nH]c2ccccc12)C(=O)N[C@@H](CCCCN)C(=O)O. The number of nitrogens with two attached hydrogens (primary N) is 2. The highest BCUT2D eigenvalue weighted by Gasteiger charge is 2.37. The average Bonchev–Trinajstić information content (AvgIpc) is 3.85. The Morgan fingerprint density at radius 3 is 1.81 bits per heavy atom. The van der Waals surface area contributed by atoms with Gasteiger partial charge in [0.15, 0.2) is 17.3 Å². The topological polar surface area (TPSA) is 342 Å². The number of rotatable bonds is 38. The Labute approximate surface area is 473 Å². The molecular weight excluding hydrogens is 1040 g/mol. The Kier molecular flexibility index (Phi) is 28.0. The molecule has 0 unspecified atom stereocenters. The van der Waals surface area contributed by atoms with Crippen molar-refractivity contribution >= 4 is 69.6 Å². The number of amides is 4. The van der Waals surface area contributed by atoms with Crippen LogP contribution in [0.15, 0.2) is 90.2 Å². The summed E-state index contributed by atoms with van der Waals surface area (Å²) in [6.45, 7) is 7.75. The number of H-pyrrole nitrogens is 1. The number of carboxylic acids is 1. The molecular formula is C59H82N10O10S. The van der Waals surface area contributed by atoms with Gasteiger partial charge in [-0.25, -0.2) is 4.79 Å². The highest BCUT2D eigenvalue weighted by molar-refractivity contribution is 7.98. The van der Waals surface area contributed by atoms with Crippen molar-refractivity contribution in [2.24, 2.45) is 46.2 Å². The number of carbonyl (C=O) groups is 8. The summed E-state index contributed by atoms with van der Waals surface area (Å²) in [5, 5.41) is 35.9. The van der Waals surface area contributed by atoms with Gasteiger partial charge in [-0.1, -0.05) is 99.9 Å². The quantitative estimate of drug-likeness (QED) is 0.00983. The second-order valence-electron chi connectivity index (χ2n) is 21.2. The number of aromatic amines is 1. The van der Waals surface area contributed by atoms with Gasteiger partial charge in [-0.3, -0.25) is 33.6 Å². The molecule has 80 heavy (non-hydrogen) atoms. The molecule has 0 saturated carbocycles. The molecule has 0 aliphatic heterocycles. The first kappa shape index (κ1) is 65.5. The number of azide groups is 1. The van der Waals surface area contributed by atoms with Crippen molar-refractivity contribution in [3.63, 3.8) is 0 Å². The first-order chi connectivity index (χ1) is 38.3. The number of carboxylic acid groups (broad SMARTS) is 1. The van der Waals surface area contributed by atoms with Crippen LogP contribution in [-0.2, 0) is 57.6 Å². The minimum atomic E-state index is -1.21. The minimum absolute atomic E-state index is 0.00498. The third kappa shape index (κ3) is 21.2. The van der Waals surface area contributed by atoms with Crippen LogP contribution >= 0.6 is 11.8 Å². The number of hydrogen-bond acceptors (Lipinski definition) is 13. The fourth-order valence-electron chi connectivity index (χ4n) is 9.65. The molecule has 8 atom stereocenters. The number of carbonyl (C=O) groups excluding carboxylic acids is 7. The maximum atomic E-state index is 14.6. The summed E-state index contributed by atoms with van der Waals surface area (Å²) in [5.41, 5.74) is 23.5. The van der Waals surface area contributed by atoms with Gasteiger partial charge in [0.1, 0.15) is 17.8 Å². The van der Waals surface area contributed by atoms with Crippen LogP contribution in [0.5, 0.6) is 5.75 Å². The number of ketones is 3. The van der Waals surface area contributed by atoms with E-state index in [1.165, 1.54) is 23.9 Å². The smallest absolute Gasteiger partial charge is 0.326 e. The molecule has 434 valence electrons. The molecule has 0 aliphatic carbocycles.